The molecular formula is C10H12N4. The third kappa shape index (κ3) is 1.59. The number of nitrogen functional groups attached to an aromatic ring is 1. The van der Waals surface area contributed by atoms with E-state index in [2.05, 4.69) is 22.1 Å². The van der Waals surface area contributed by atoms with Crippen LogP contribution in [0.3, 0.4) is 0 Å². The summed E-state index contributed by atoms with van der Waals surface area (Å²) in [6, 6.07) is 5.79. The van der Waals surface area contributed by atoms with Crippen LogP contribution in [-0.4, -0.2) is 15.2 Å². The van der Waals surface area contributed by atoms with Gasteiger partial charge in [0, 0.05) is 23.5 Å². The lowest BCUT2D eigenvalue weighted by molar-refractivity contribution is 1.03. The van der Waals surface area contributed by atoms with Crippen LogP contribution in [-0.2, 0) is 6.42 Å². The molecular weight excluding hydrogens is 176 g/mol. The number of hydrogen-bond acceptors (Lipinski definition) is 3. The lowest BCUT2D eigenvalue weighted by Crippen LogP contribution is -1.87. The molecule has 0 aliphatic carbocycles. The van der Waals surface area contributed by atoms with Crippen LogP contribution < -0.4 is 5.73 Å². The fraction of sp³-hybridized carbons (Fsp3) is 0.200. The summed E-state index contributed by atoms with van der Waals surface area (Å²) in [6.45, 7) is 2.08. The van der Waals surface area contributed by atoms with Gasteiger partial charge in [-0.25, -0.2) is 0 Å². The standard InChI is InChI=1S/C10H12N4/c1-2-8-5-7(3-4-12-8)9-6-10(11)14-13-9/h3-6H,2H2,1H3,(H3,11,13,14). The predicted octanol–water partition coefficient (Wildman–Crippen LogP) is 1.62. The van der Waals surface area contributed by atoms with Gasteiger partial charge in [-0.05, 0) is 18.6 Å². The summed E-state index contributed by atoms with van der Waals surface area (Å²) in [4.78, 5) is 4.22. The Morgan fingerprint density at radius 3 is 2.93 bits per heavy atom. The molecule has 0 saturated carbocycles. The second-order valence-corrected chi connectivity index (χ2v) is 3.10. The van der Waals surface area contributed by atoms with E-state index in [-0.39, 0.29) is 0 Å². The van der Waals surface area contributed by atoms with E-state index in [0.717, 1.165) is 23.4 Å². The Kier molecular flexibility index (Phi) is 2.18. The van der Waals surface area contributed by atoms with Gasteiger partial charge in [-0.2, -0.15) is 5.10 Å². The number of H-pyrrole nitrogens is 1. The van der Waals surface area contributed by atoms with Crippen LogP contribution in [0.5, 0.6) is 0 Å². The van der Waals surface area contributed by atoms with Gasteiger partial charge in [0.25, 0.3) is 0 Å². The van der Waals surface area contributed by atoms with E-state index in [1.54, 1.807) is 6.20 Å². The maximum Gasteiger partial charge on any atom is 0.145 e. The number of anilines is 1. The van der Waals surface area contributed by atoms with Gasteiger partial charge in [-0.3, -0.25) is 10.1 Å². The van der Waals surface area contributed by atoms with Crippen LogP contribution in [0.25, 0.3) is 11.3 Å². The minimum atomic E-state index is 0.509. The number of pyridine rings is 1. The van der Waals surface area contributed by atoms with Crippen molar-refractivity contribution in [1.82, 2.24) is 15.2 Å². The lowest BCUT2D eigenvalue weighted by atomic mass is 10.1. The smallest absolute Gasteiger partial charge is 0.145 e. The molecule has 2 heterocycles. The molecule has 0 bridgehead atoms. The van der Waals surface area contributed by atoms with Crippen molar-refractivity contribution in [2.24, 2.45) is 0 Å². The number of hydrogen-bond donors (Lipinski definition) is 2. The molecule has 0 aliphatic rings. The molecule has 72 valence electrons. The first-order valence-corrected chi connectivity index (χ1v) is 4.56. The maximum atomic E-state index is 5.53. The Labute approximate surface area is 82.2 Å². The highest BCUT2D eigenvalue weighted by atomic mass is 15.2. The molecule has 0 aliphatic heterocycles. The van der Waals surface area contributed by atoms with E-state index in [1.807, 2.05) is 18.2 Å². The Morgan fingerprint density at radius 2 is 2.29 bits per heavy atom. The largest absolute Gasteiger partial charge is 0.382 e. The van der Waals surface area contributed by atoms with Crippen LogP contribution in [0, 0.1) is 0 Å². The molecule has 0 unspecified atom stereocenters. The van der Waals surface area contributed by atoms with Crippen molar-refractivity contribution in [3.05, 3.63) is 30.1 Å². The third-order valence-electron chi connectivity index (χ3n) is 2.09. The van der Waals surface area contributed by atoms with E-state index < -0.39 is 0 Å². The minimum Gasteiger partial charge on any atom is -0.382 e. The normalized spacial score (nSPS) is 10.4. The molecule has 0 spiro atoms. The third-order valence-corrected chi connectivity index (χ3v) is 2.09. The number of nitrogens with two attached hydrogens (primary N) is 1. The Morgan fingerprint density at radius 1 is 1.43 bits per heavy atom. The summed E-state index contributed by atoms with van der Waals surface area (Å²) in [6.07, 6.45) is 2.72. The molecule has 0 atom stereocenters. The zero-order chi connectivity index (χ0) is 9.97. The van der Waals surface area contributed by atoms with Gasteiger partial charge in [-0.15, -0.1) is 0 Å². The summed E-state index contributed by atoms with van der Waals surface area (Å²) in [5.74, 6) is 0.509. The zero-order valence-electron chi connectivity index (χ0n) is 7.99. The minimum absolute atomic E-state index is 0.509. The quantitative estimate of drug-likeness (QED) is 0.752. The Hall–Kier alpha value is -1.84. The van der Waals surface area contributed by atoms with Crippen molar-refractivity contribution in [1.29, 1.82) is 0 Å². The highest BCUT2D eigenvalue weighted by Gasteiger charge is 2.01. The maximum absolute atomic E-state index is 5.53. The fourth-order valence-corrected chi connectivity index (χ4v) is 1.32. The topological polar surface area (TPSA) is 67.6 Å². The van der Waals surface area contributed by atoms with Gasteiger partial charge in [0.15, 0.2) is 0 Å². The molecule has 0 saturated heterocycles. The van der Waals surface area contributed by atoms with E-state index in [1.165, 1.54) is 0 Å². The van der Waals surface area contributed by atoms with E-state index in [0.29, 0.717) is 5.82 Å². The lowest BCUT2D eigenvalue weighted by Gasteiger charge is -1.99. The van der Waals surface area contributed by atoms with Crippen LogP contribution in [0.15, 0.2) is 24.4 Å². The Bertz CT molecular complexity index is 433. The molecule has 0 amide bonds. The molecule has 3 N–H and O–H groups in total. The highest BCUT2D eigenvalue weighted by molar-refractivity contribution is 5.61. The summed E-state index contributed by atoms with van der Waals surface area (Å²) < 4.78 is 0. The van der Waals surface area contributed by atoms with Crippen molar-refractivity contribution >= 4 is 5.82 Å². The number of nitrogens with zero attached hydrogens (tertiary/aromatic N) is 2. The highest BCUT2D eigenvalue weighted by Crippen LogP contribution is 2.18. The van der Waals surface area contributed by atoms with Crippen LogP contribution in [0.2, 0.25) is 0 Å². The van der Waals surface area contributed by atoms with Gasteiger partial charge < -0.3 is 5.73 Å². The van der Waals surface area contributed by atoms with Crippen molar-refractivity contribution in [3.63, 3.8) is 0 Å². The van der Waals surface area contributed by atoms with Gasteiger partial charge in [0.1, 0.15) is 5.82 Å². The summed E-state index contributed by atoms with van der Waals surface area (Å²) >= 11 is 0. The number of rotatable bonds is 2. The number of aromatic amines is 1. The number of nitrogens with one attached hydrogen (secondary N) is 1. The summed E-state index contributed by atoms with van der Waals surface area (Å²) in [5.41, 5.74) is 8.59. The monoisotopic (exact) mass is 188 g/mol. The van der Waals surface area contributed by atoms with E-state index >= 15 is 0 Å². The average Bonchev–Trinajstić information content (AvgIpc) is 2.65. The van der Waals surface area contributed by atoms with Crippen molar-refractivity contribution in [2.75, 3.05) is 5.73 Å². The fourth-order valence-electron chi connectivity index (χ4n) is 1.32. The first-order chi connectivity index (χ1) is 6.79. The Balaban J connectivity index is 2.41. The molecule has 4 nitrogen and oxygen atoms in total. The second-order valence-electron chi connectivity index (χ2n) is 3.10. The molecule has 4 heteroatoms. The van der Waals surface area contributed by atoms with Gasteiger partial charge >= 0.3 is 0 Å². The number of aryl methyl sites for hydroxylation is 1. The van der Waals surface area contributed by atoms with E-state index in [4.69, 9.17) is 5.73 Å². The van der Waals surface area contributed by atoms with E-state index in [9.17, 15) is 0 Å². The molecule has 2 aromatic heterocycles. The first-order valence-electron chi connectivity index (χ1n) is 4.56. The second kappa shape index (κ2) is 3.49. The molecule has 0 aromatic carbocycles. The number of aromatic nitrogens is 3. The van der Waals surface area contributed by atoms with Gasteiger partial charge in [-0.1, -0.05) is 6.92 Å². The predicted molar refractivity (Wildman–Crippen MR) is 55.6 cm³/mol. The molecule has 2 rings (SSSR count). The zero-order valence-corrected chi connectivity index (χ0v) is 7.99. The molecule has 0 fully saturated rings. The van der Waals surface area contributed by atoms with Gasteiger partial charge in [0.2, 0.25) is 0 Å². The molecule has 14 heavy (non-hydrogen) atoms. The van der Waals surface area contributed by atoms with Crippen LogP contribution in [0.1, 0.15) is 12.6 Å². The SMILES string of the molecule is CCc1cc(-c2cc(N)n[nH]2)ccn1. The van der Waals surface area contributed by atoms with Crippen molar-refractivity contribution < 1.29 is 0 Å². The average molecular weight is 188 g/mol. The molecule has 0 radical (unpaired) electrons. The van der Waals surface area contributed by atoms with Crippen molar-refractivity contribution in [3.8, 4) is 11.3 Å². The van der Waals surface area contributed by atoms with Crippen LogP contribution in [0.4, 0.5) is 5.82 Å². The molecule has 2 aromatic rings. The summed E-state index contributed by atoms with van der Waals surface area (Å²) in [5, 5.41) is 6.75. The van der Waals surface area contributed by atoms with Gasteiger partial charge in [0.05, 0.1) is 5.69 Å². The summed E-state index contributed by atoms with van der Waals surface area (Å²) in [7, 11) is 0. The van der Waals surface area contributed by atoms with Crippen LogP contribution >= 0.6 is 0 Å². The first kappa shape index (κ1) is 8.74. The van der Waals surface area contributed by atoms with Crippen molar-refractivity contribution in [2.45, 2.75) is 13.3 Å².